The molecule has 0 unspecified atom stereocenters. The van der Waals surface area contributed by atoms with Crippen LogP contribution in [0.25, 0.3) is 0 Å². The number of carbonyl (C=O) groups excluding carboxylic acids is 1. The van der Waals surface area contributed by atoms with Gasteiger partial charge in [0.1, 0.15) is 5.78 Å². The molecule has 4 heteroatoms. The number of alkyl halides is 2. The van der Waals surface area contributed by atoms with E-state index in [-0.39, 0.29) is 30.5 Å². The van der Waals surface area contributed by atoms with Gasteiger partial charge in [0, 0.05) is 12.8 Å². The summed E-state index contributed by atoms with van der Waals surface area (Å²) in [7, 11) is 0. The smallest absolute Gasteiger partial charge is 0.248 e. The van der Waals surface area contributed by atoms with Gasteiger partial charge in [-0.05, 0) is 31.6 Å². The highest BCUT2D eigenvalue weighted by molar-refractivity contribution is 5.83. The Bertz CT molecular complexity index is 333. The van der Waals surface area contributed by atoms with E-state index in [2.05, 4.69) is 0 Å². The van der Waals surface area contributed by atoms with Crippen molar-refractivity contribution in [3.8, 4) is 0 Å². The Kier molecular flexibility index (Phi) is 2.66. The Balaban J connectivity index is 2.17. The van der Waals surface area contributed by atoms with Gasteiger partial charge in [0.2, 0.25) is 5.92 Å². The standard InChI is InChI=1S/C13H20F2O2/c1-8(16)11(2,3)12(17)4-9-6-13(14,15)7-10(9)5-12/h9-10,17H,4-7H2,1-3H3/t9-,10+,12-. The van der Waals surface area contributed by atoms with Crippen molar-refractivity contribution < 1.29 is 18.7 Å². The zero-order valence-electron chi connectivity index (χ0n) is 10.6. The summed E-state index contributed by atoms with van der Waals surface area (Å²) >= 11 is 0. The molecule has 2 rings (SSSR count). The lowest BCUT2D eigenvalue weighted by atomic mass is 9.70. The predicted octanol–water partition coefficient (Wildman–Crippen LogP) is 2.79. The van der Waals surface area contributed by atoms with Crippen LogP contribution in [-0.2, 0) is 4.79 Å². The van der Waals surface area contributed by atoms with E-state index < -0.39 is 16.9 Å². The van der Waals surface area contributed by atoms with Crippen LogP contribution in [0.2, 0.25) is 0 Å². The van der Waals surface area contributed by atoms with Crippen LogP contribution in [0.1, 0.15) is 46.5 Å². The van der Waals surface area contributed by atoms with E-state index in [9.17, 15) is 18.7 Å². The van der Waals surface area contributed by atoms with Crippen molar-refractivity contribution in [3.05, 3.63) is 0 Å². The van der Waals surface area contributed by atoms with Crippen LogP contribution in [0.5, 0.6) is 0 Å². The van der Waals surface area contributed by atoms with Gasteiger partial charge in [-0.25, -0.2) is 8.78 Å². The van der Waals surface area contributed by atoms with Gasteiger partial charge < -0.3 is 5.11 Å². The van der Waals surface area contributed by atoms with E-state index in [1.807, 2.05) is 0 Å². The highest BCUT2D eigenvalue weighted by Crippen LogP contribution is 2.58. The van der Waals surface area contributed by atoms with Gasteiger partial charge in [-0.1, -0.05) is 13.8 Å². The molecule has 0 aliphatic heterocycles. The molecular weight excluding hydrogens is 226 g/mol. The van der Waals surface area contributed by atoms with Gasteiger partial charge in [-0.15, -0.1) is 0 Å². The van der Waals surface area contributed by atoms with Crippen LogP contribution < -0.4 is 0 Å². The molecule has 0 aromatic rings. The molecule has 17 heavy (non-hydrogen) atoms. The number of Topliss-reactive ketones (excluding diaryl/α,β-unsaturated/α-hetero) is 1. The normalized spacial score (nSPS) is 40.4. The Hall–Kier alpha value is -0.510. The fraction of sp³-hybridized carbons (Fsp3) is 0.923. The Morgan fingerprint density at radius 2 is 1.59 bits per heavy atom. The third-order valence-electron chi connectivity index (χ3n) is 5.03. The number of hydrogen-bond acceptors (Lipinski definition) is 2. The lowest BCUT2D eigenvalue weighted by Crippen LogP contribution is -2.47. The largest absolute Gasteiger partial charge is 0.389 e. The minimum absolute atomic E-state index is 0.0771. The quantitative estimate of drug-likeness (QED) is 0.813. The molecule has 0 bridgehead atoms. The Morgan fingerprint density at radius 1 is 1.18 bits per heavy atom. The highest BCUT2D eigenvalue weighted by atomic mass is 19.3. The average Bonchev–Trinajstić information content (AvgIpc) is 2.54. The molecule has 2 aliphatic carbocycles. The average molecular weight is 246 g/mol. The number of fused-ring (bicyclic) bond motifs is 1. The topological polar surface area (TPSA) is 37.3 Å². The molecule has 0 aromatic carbocycles. The maximum absolute atomic E-state index is 13.2. The van der Waals surface area contributed by atoms with Crippen molar-refractivity contribution in [1.29, 1.82) is 0 Å². The monoisotopic (exact) mass is 246 g/mol. The fourth-order valence-corrected chi connectivity index (χ4v) is 3.45. The molecule has 2 nitrogen and oxygen atoms in total. The molecule has 2 fully saturated rings. The van der Waals surface area contributed by atoms with Crippen LogP contribution in [0.15, 0.2) is 0 Å². The van der Waals surface area contributed by atoms with Gasteiger partial charge in [0.25, 0.3) is 0 Å². The first-order valence-corrected chi connectivity index (χ1v) is 6.19. The third-order valence-corrected chi connectivity index (χ3v) is 5.03. The lowest BCUT2D eigenvalue weighted by Gasteiger charge is -2.39. The van der Waals surface area contributed by atoms with Crippen molar-refractivity contribution in [2.24, 2.45) is 17.3 Å². The van der Waals surface area contributed by atoms with E-state index >= 15 is 0 Å². The fourth-order valence-electron chi connectivity index (χ4n) is 3.45. The van der Waals surface area contributed by atoms with Gasteiger partial charge in [-0.3, -0.25) is 4.79 Å². The first-order valence-electron chi connectivity index (χ1n) is 6.19. The summed E-state index contributed by atoms with van der Waals surface area (Å²) in [4.78, 5) is 11.6. The number of halogens is 2. The zero-order valence-corrected chi connectivity index (χ0v) is 10.6. The maximum Gasteiger partial charge on any atom is 0.248 e. The number of hydrogen-bond donors (Lipinski definition) is 1. The van der Waals surface area contributed by atoms with Crippen molar-refractivity contribution in [1.82, 2.24) is 0 Å². The van der Waals surface area contributed by atoms with Crippen molar-refractivity contribution in [3.63, 3.8) is 0 Å². The third kappa shape index (κ3) is 1.90. The summed E-state index contributed by atoms with van der Waals surface area (Å²) in [5.41, 5.74) is -1.95. The second-order valence-electron chi connectivity index (χ2n) is 6.41. The van der Waals surface area contributed by atoms with Crippen molar-refractivity contribution in [2.75, 3.05) is 0 Å². The minimum atomic E-state index is -2.57. The number of aliphatic hydroxyl groups is 1. The molecule has 0 aromatic heterocycles. The number of ketones is 1. The molecule has 0 heterocycles. The van der Waals surface area contributed by atoms with Crippen LogP contribution in [-0.4, -0.2) is 22.4 Å². The van der Waals surface area contributed by atoms with E-state index in [1.165, 1.54) is 6.92 Å². The summed E-state index contributed by atoms with van der Waals surface area (Å²) in [5, 5.41) is 10.6. The molecule has 98 valence electrons. The summed E-state index contributed by atoms with van der Waals surface area (Å²) < 4.78 is 26.4. The van der Waals surface area contributed by atoms with Crippen LogP contribution in [0.4, 0.5) is 8.78 Å². The molecule has 0 saturated heterocycles. The number of carbonyl (C=O) groups is 1. The molecular formula is C13H20F2O2. The Morgan fingerprint density at radius 3 is 1.94 bits per heavy atom. The molecule has 2 saturated carbocycles. The molecule has 0 amide bonds. The van der Waals surface area contributed by atoms with Crippen molar-refractivity contribution >= 4 is 5.78 Å². The number of rotatable bonds is 2. The van der Waals surface area contributed by atoms with E-state index in [0.29, 0.717) is 12.8 Å². The minimum Gasteiger partial charge on any atom is -0.389 e. The molecule has 1 N–H and O–H groups in total. The highest BCUT2D eigenvalue weighted by Gasteiger charge is 2.60. The SMILES string of the molecule is CC(=O)C(C)(C)[C@]1(O)C[C@H]2CC(F)(F)C[C@H]2C1. The molecule has 0 radical (unpaired) electrons. The second kappa shape index (κ2) is 3.50. The summed E-state index contributed by atoms with van der Waals surface area (Å²) in [6, 6.07) is 0. The second-order valence-corrected chi connectivity index (χ2v) is 6.41. The van der Waals surface area contributed by atoms with Crippen LogP contribution >= 0.6 is 0 Å². The summed E-state index contributed by atoms with van der Waals surface area (Å²) in [5.74, 6) is -2.91. The van der Waals surface area contributed by atoms with Gasteiger partial charge in [0.05, 0.1) is 11.0 Å². The molecule has 0 spiro atoms. The molecule has 3 atom stereocenters. The van der Waals surface area contributed by atoms with Crippen LogP contribution in [0, 0.1) is 17.3 Å². The zero-order chi connectivity index (χ0) is 13.1. The maximum atomic E-state index is 13.2. The Labute approximate surface area is 100 Å². The van der Waals surface area contributed by atoms with Crippen LogP contribution in [0.3, 0.4) is 0 Å². The van der Waals surface area contributed by atoms with E-state index in [0.717, 1.165) is 0 Å². The van der Waals surface area contributed by atoms with Gasteiger partial charge in [0.15, 0.2) is 0 Å². The molecule has 2 aliphatic rings. The van der Waals surface area contributed by atoms with E-state index in [4.69, 9.17) is 0 Å². The first-order chi connectivity index (χ1) is 7.57. The van der Waals surface area contributed by atoms with Crippen molar-refractivity contribution in [2.45, 2.75) is 58.0 Å². The first kappa shape index (κ1) is 12.9. The van der Waals surface area contributed by atoms with Gasteiger partial charge in [-0.2, -0.15) is 0 Å². The summed E-state index contributed by atoms with van der Waals surface area (Å²) in [6.07, 6.45) is 0.404. The summed E-state index contributed by atoms with van der Waals surface area (Å²) in [6.45, 7) is 4.89. The lowest BCUT2D eigenvalue weighted by molar-refractivity contribution is -0.142. The predicted molar refractivity (Wildman–Crippen MR) is 59.8 cm³/mol. The van der Waals surface area contributed by atoms with E-state index in [1.54, 1.807) is 13.8 Å². The van der Waals surface area contributed by atoms with Gasteiger partial charge >= 0.3 is 0 Å².